The molecule has 0 aromatic heterocycles. The van der Waals surface area contributed by atoms with Gasteiger partial charge >= 0.3 is 0 Å². The number of hydrogen-bond donors (Lipinski definition) is 0. The molecule has 8 nitrogen and oxygen atoms in total. The topological polar surface area (TPSA) is 99.0 Å². The molecule has 29 heavy (non-hydrogen) atoms. The van der Waals surface area contributed by atoms with E-state index < -0.39 is 4.92 Å². The molecule has 0 atom stereocenters. The minimum atomic E-state index is -0.475. The first kappa shape index (κ1) is 20.2. The van der Waals surface area contributed by atoms with Crippen molar-refractivity contribution in [3.05, 3.63) is 75.8 Å². The average Bonchev–Trinajstić information content (AvgIpc) is 2.77. The van der Waals surface area contributed by atoms with E-state index in [0.29, 0.717) is 43.2 Å². The van der Waals surface area contributed by atoms with Crippen LogP contribution >= 0.6 is 0 Å². The van der Waals surface area contributed by atoms with Gasteiger partial charge in [-0.2, -0.15) is 0 Å². The smallest absolute Gasteiger partial charge is 0.269 e. The molecule has 1 aliphatic heterocycles. The lowest BCUT2D eigenvalue weighted by Gasteiger charge is -2.26. The van der Waals surface area contributed by atoms with Gasteiger partial charge in [-0.05, 0) is 48.0 Å². The summed E-state index contributed by atoms with van der Waals surface area (Å²) in [5.41, 5.74) is 1.15. The second-order valence-corrected chi connectivity index (χ2v) is 6.35. The number of nitro benzene ring substituents is 1. The number of rotatable bonds is 7. The van der Waals surface area contributed by atoms with Crippen LogP contribution in [0.4, 0.5) is 5.69 Å². The van der Waals surface area contributed by atoms with Crippen LogP contribution in [0.2, 0.25) is 0 Å². The van der Waals surface area contributed by atoms with Crippen LogP contribution in [0, 0.1) is 10.1 Å². The highest BCUT2D eigenvalue weighted by Crippen LogP contribution is 2.15. The van der Waals surface area contributed by atoms with Crippen molar-refractivity contribution in [1.29, 1.82) is 0 Å². The Hall–Kier alpha value is -3.52. The molecule has 0 unspecified atom stereocenters. The lowest BCUT2D eigenvalue weighted by Crippen LogP contribution is -2.42. The van der Waals surface area contributed by atoms with E-state index in [2.05, 4.69) is 0 Å². The molecule has 1 amide bonds. The molecule has 0 saturated carbocycles. The maximum absolute atomic E-state index is 12.3. The molecule has 1 fully saturated rings. The Morgan fingerprint density at radius 2 is 1.72 bits per heavy atom. The summed E-state index contributed by atoms with van der Waals surface area (Å²) in [5, 5.41) is 10.7. The number of benzene rings is 2. The first-order valence-electron chi connectivity index (χ1n) is 9.08. The van der Waals surface area contributed by atoms with Gasteiger partial charge in [-0.1, -0.05) is 6.08 Å². The molecule has 3 rings (SSSR count). The summed E-state index contributed by atoms with van der Waals surface area (Å²) in [4.78, 5) is 36.2. The third-order valence-corrected chi connectivity index (χ3v) is 4.40. The summed E-state index contributed by atoms with van der Waals surface area (Å²) in [6, 6.07) is 12.4. The standard InChI is InChI=1S/C21H20N2O6/c24-20(10-3-16-1-6-18(7-2-16)23(26)27)17-4-8-19(9-5-17)29-15-21(25)22-11-13-28-14-12-22/h1-10H,11-15H2. The summed E-state index contributed by atoms with van der Waals surface area (Å²) in [5.74, 6) is 0.196. The third kappa shape index (κ3) is 5.73. The molecule has 2 aromatic carbocycles. The number of ether oxygens (including phenoxy) is 2. The minimum absolute atomic E-state index is 0.00355. The Morgan fingerprint density at radius 1 is 1.07 bits per heavy atom. The summed E-state index contributed by atoms with van der Waals surface area (Å²) >= 11 is 0. The predicted octanol–water partition coefficient (Wildman–Crippen LogP) is 2.73. The summed E-state index contributed by atoms with van der Waals surface area (Å²) < 4.78 is 10.7. The number of nitro groups is 1. The van der Waals surface area contributed by atoms with E-state index in [0.717, 1.165) is 0 Å². The van der Waals surface area contributed by atoms with Crippen LogP contribution in [0.15, 0.2) is 54.6 Å². The highest BCUT2D eigenvalue weighted by Gasteiger charge is 2.17. The van der Waals surface area contributed by atoms with E-state index in [-0.39, 0.29) is 24.0 Å². The monoisotopic (exact) mass is 396 g/mol. The van der Waals surface area contributed by atoms with Gasteiger partial charge in [-0.25, -0.2) is 0 Å². The molecule has 1 saturated heterocycles. The predicted molar refractivity (Wildman–Crippen MR) is 106 cm³/mol. The fourth-order valence-electron chi connectivity index (χ4n) is 2.74. The number of ketones is 1. The molecule has 2 aromatic rings. The highest BCUT2D eigenvalue weighted by atomic mass is 16.6. The lowest BCUT2D eigenvalue weighted by atomic mass is 10.1. The fourth-order valence-corrected chi connectivity index (χ4v) is 2.74. The SMILES string of the molecule is O=C(C=Cc1ccc([N+](=O)[O-])cc1)c1ccc(OCC(=O)N2CCOCC2)cc1. The lowest BCUT2D eigenvalue weighted by molar-refractivity contribution is -0.384. The summed E-state index contributed by atoms with van der Waals surface area (Å²) in [6.45, 7) is 2.15. The van der Waals surface area contributed by atoms with Crippen LogP contribution in [-0.4, -0.2) is 54.4 Å². The first-order valence-corrected chi connectivity index (χ1v) is 9.08. The van der Waals surface area contributed by atoms with Crippen LogP contribution in [-0.2, 0) is 9.53 Å². The fraction of sp³-hybridized carbons (Fsp3) is 0.238. The Labute approximate surface area is 167 Å². The van der Waals surface area contributed by atoms with E-state index in [1.54, 1.807) is 47.4 Å². The number of morpholine rings is 1. The molecule has 8 heteroatoms. The Balaban J connectivity index is 1.52. The number of carbonyl (C=O) groups excluding carboxylic acids is 2. The molecular weight excluding hydrogens is 376 g/mol. The van der Waals surface area contributed by atoms with Gasteiger partial charge in [0.05, 0.1) is 18.1 Å². The van der Waals surface area contributed by atoms with Gasteiger partial charge < -0.3 is 14.4 Å². The van der Waals surface area contributed by atoms with Crippen molar-refractivity contribution in [3.63, 3.8) is 0 Å². The van der Waals surface area contributed by atoms with Gasteiger partial charge in [0.15, 0.2) is 12.4 Å². The van der Waals surface area contributed by atoms with Gasteiger partial charge in [-0.3, -0.25) is 19.7 Å². The normalized spacial score (nSPS) is 14.0. The van der Waals surface area contributed by atoms with Crippen molar-refractivity contribution in [2.75, 3.05) is 32.9 Å². The van der Waals surface area contributed by atoms with E-state index in [1.165, 1.54) is 18.2 Å². The van der Waals surface area contributed by atoms with E-state index in [9.17, 15) is 19.7 Å². The number of nitrogens with zero attached hydrogens (tertiary/aromatic N) is 2. The van der Waals surface area contributed by atoms with Gasteiger partial charge in [0.25, 0.3) is 11.6 Å². The number of allylic oxidation sites excluding steroid dienone is 1. The molecule has 1 heterocycles. The largest absolute Gasteiger partial charge is 0.484 e. The van der Waals surface area contributed by atoms with Crippen molar-refractivity contribution in [1.82, 2.24) is 4.90 Å². The summed E-state index contributed by atoms with van der Waals surface area (Å²) in [7, 11) is 0. The maximum atomic E-state index is 12.3. The zero-order valence-corrected chi connectivity index (χ0v) is 15.7. The molecular formula is C21H20N2O6. The summed E-state index contributed by atoms with van der Waals surface area (Å²) in [6.07, 6.45) is 3.00. The number of amides is 1. The van der Waals surface area contributed by atoms with Crippen LogP contribution in [0.1, 0.15) is 15.9 Å². The minimum Gasteiger partial charge on any atom is -0.484 e. The van der Waals surface area contributed by atoms with Gasteiger partial charge in [-0.15, -0.1) is 0 Å². The first-order chi connectivity index (χ1) is 14.0. The molecule has 1 aliphatic rings. The molecule has 150 valence electrons. The molecule has 0 aliphatic carbocycles. The Kier molecular flexibility index (Phi) is 6.70. The zero-order valence-electron chi connectivity index (χ0n) is 15.7. The van der Waals surface area contributed by atoms with Crippen molar-refractivity contribution in [2.45, 2.75) is 0 Å². The molecule has 0 spiro atoms. The van der Waals surface area contributed by atoms with Gasteiger partial charge in [0.1, 0.15) is 5.75 Å². The molecule has 0 bridgehead atoms. The van der Waals surface area contributed by atoms with Crippen LogP contribution in [0.25, 0.3) is 6.08 Å². The van der Waals surface area contributed by atoms with Crippen molar-refractivity contribution < 1.29 is 24.0 Å². The van der Waals surface area contributed by atoms with Crippen molar-refractivity contribution >= 4 is 23.5 Å². The third-order valence-electron chi connectivity index (χ3n) is 4.40. The van der Waals surface area contributed by atoms with Crippen molar-refractivity contribution in [2.24, 2.45) is 0 Å². The van der Waals surface area contributed by atoms with Crippen molar-refractivity contribution in [3.8, 4) is 5.75 Å². The van der Waals surface area contributed by atoms with E-state index in [1.807, 2.05) is 0 Å². The van der Waals surface area contributed by atoms with Crippen LogP contribution in [0.5, 0.6) is 5.75 Å². The second kappa shape index (κ2) is 9.61. The number of carbonyl (C=O) groups is 2. The average molecular weight is 396 g/mol. The number of non-ortho nitro benzene ring substituents is 1. The van der Waals surface area contributed by atoms with Gasteiger partial charge in [0.2, 0.25) is 0 Å². The number of hydrogen-bond acceptors (Lipinski definition) is 6. The maximum Gasteiger partial charge on any atom is 0.269 e. The Morgan fingerprint density at radius 3 is 2.34 bits per heavy atom. The van der Waals surface area contributed by atoms with Crippen LogP contribution < -0.4 is 4.74 Å². The second-order valence-electron chi connectivity index (χ2n) is 6.35. The Bertz CT molecular complexity index is 900. The highest BCUT2D eigenvalue weighted by molar-refractivity contribution is 6.06. The quantitative estimate of drug-likeness (QED) is 0.309. The molecule has 0 radical (unpaired) electrons. The zero-order chi connectivity index (χ0) is 20.6. The van der Waals surface area contributed by atoms with E-state index >= 15 is 0 Å². The van der Waals surface area contributed by atoms with Gasteiger partial charge in [0, 0.05) is 30.8 Å². The van der Waals surface area contributed by atoms with E-state index in [4.69, 9.17) is 9.47 Å². The molecule has 0 N–H and O–H groups in total. The van der Waals surface area contributed by atoms with Crippen LogP contribution in [0.3, 0.4) is 0 Å².